The van der Waals surface area contributed by atoms with Gasteiger partial charge in [0.15, 0.2) is 0 Å². The average Bonchev–Trinajstić information content (AvgIpc) is 2.96. The average molecular weight is 880 g/mol. The molecule has 30 heteroatoms. The molecule has 0 aliphatic heterocycles. The lowest BCUT2D eigenvalue weighted by molar-refractivity contribution is -0.440. The first-order valence-corrected chi connectivity index (χ1v) is 14.2. The third-order valence-corrected chi connectivity index (χ3v) is 7.89. The Morgan fingerprint density at radius 2 is 0.527 bits per heavy atom. The fourth-order valence-corrected chi connectivity index (χ4v) is 4.45. The molecule has 0 aromatic carbocycles. The van der Waals surface area contributed by atoms with Crippen molar-refractivity contribution in [2.45, 2.75) is 129 Å². The van der Waals surface area contributed by atoms with Gasteiger partial charge in [0.1, 0.15) is 0 Å². The predicted octanol–water partition coefficient (Wildman–Crippen LogP) is 11.4. The minimum absolute atomic E-state index is 0.860. The standard InChI is InChI=1S/C25H22F26O4/c26-14(27,16(30,31)18(34,35)20(38,39)22(42,43)24(46,47)48)8-2-6-10(12(52)53)4-1-5-11(13(54)55)7-3-9-15(28,29)17(32,33)19(36,37)21(40,41)23(44,45)25(49,50)51/h10-11H,1-9H2,(H,52,53)(H,54,55). The minimum Gasteiger partial charge on any atom is -0.481 e. The van der Waals surface area contributed by atoms with Crippen LogP contribution in [0.15, 0.2) is 0 Å². The first-order valence-electron chi connectivity index (χ1n) is 14.2. The Hall–Kier alpha value is -2.88. The summed E-state index contributed by atoms with van der Waals surface area (Å²) >= 11 is 0. The smallest absolute Gasteiger partial charge is 0.460 e. The summed E-state index contributed by atoms with van der Waals surface area (Å²) in [6.07, 6.45) is -30.1. The predicted molar refractivity (Wildman–Crippen MR) is 125 cm³/mol. The van der Waals surface area contributed by atoms with Crippen LogP contribution < -0.4 is 0 Å². The molecule has 4 nitrogen and oxygen atoms in total. The molecule has 2 unspecified atom stereocenters. The Labute approximate surface area is 288 Å². The minimum atomic E-state index is -8.21. The van der Waals surface area contributed by atoms with Crippen LogP contribution in [0.4, 0.5) is 114 Å². The number of halogens is 26. The highest BCUT2D eigenvalue weighted by Crippen LogP contribution is 2.62. The van der Waals surface area contributed by atoms with Gasteiger partial charge in [0.05, 0.1) is 11.8 Å². The van der Waals surface area contributed by atoms with E-state index in [2.05, 4.69) is 0 Å². The zero-order valence-electron chi connectivity index (χ0n) is 26.1. The summed E-state index contributed by atoms with van der Waals surface area (Å²) in [6, 6.07) is 0. The Morgan fingerprint density at radius 3 is 0.727 bits per heavy atom. The van der Waals surface area contributed by atoms with E-state index in [1.807, 2.05) is 0 Å². The highest BCUT2D eigenvalue weighted by Gasteiger charge is 2.92. The first-order chi connectivity index (χ1) is 23.8. The lowest BCUT2D eigenvalue weighted by atomic mass is 9.87. The maximum atomic E-state index is 13.9. The van der Waals surface area contributed by atoms with E-state index in [-0.39, 0.29) is 0 Å². The third kappa shape index (κ3) is 9.31. The van der Waals surface area contributed by atoms with E-state index in [9.17, 15) is 124 Å². The molecule has 2 atom stereocenters. The summed E-state index contributed by atoms with van der Waals surface area (Å²) < 4.78 is 343. The molecule has 0 saturated carbocycles. The lowest BCUT2D eigenvalue weighted by Crippen LogP contribution is -2.70. The second-order valence-corrected chi connectivity index (χ2v) is 11.8. The molecular formula is C25H22F26O4. The number of rotatable bonds is 22. The van der Waals surface area contributed by atoms with Gasteiger partial charge in [-0.05, 0) is 38.5 Å². The molecule has 0 aromatic heterocycles. The van der Waals surface area contributed by atoms with Crippen molar-refractivity contribution >= 4 is 11.9 Å². The van der Waals surface area contributed by atoms with E-state index >= 15 is 0 Å². The molecular weight excluding hydrogens is 858 g/mol. The summed E-state index contributed by atoms with van der Waals surface area (Å²) in [6.45, 7) is 0. The van der Waals surface area contributed by atoms with Gasteiger partial charge in [-0.1, -0.05) is 6.42 Å². The van der Waals surface area contributed by atoms with Crippen LogP contribution in [0.2, 0.25) is 0 Å². The molecule has 0 heterocycles. The first kappa shape index (κ1) is 52.1. The fraction of sp³-hybridized carbons (Fsp3) is 0.920. The molecule has 0 fully saturated rings. The fourth-order valence-electron chi connectivity index (χ4n) is 4.45. The van der Waals surface area contributed by atoms with Crippen LogP contribution in [0.1, 0.15) is 57.8 Å². The van der Waals surface area contributed by atoms with Gasteiger partial charge in [-0.3, -0.25) is 9.59 Å². The Kier molecular flexibility index (Phi) is 15.0. The molecule has 0 aliphatic carbocycles. The maximum absolute atomic E-state index is 13.9. The molecule has 0 spiro atoms. The molecule has 0 bridgehead atoms. The second-order valence-electron chi connectivity index (χ2n) is 11.8. The highest BCUT2D eigenvalue weighted by atomic mass is 19.4. The van der Waals surface area contributed by atoms with Crippen LogP contribution in [-0.4, -0.2) is 93.7 Å². The number of carboxylic acid groups (broad SMARTS) is 2. The molecule has 2 N–H and O–H groups in total. The van der Waals surface area contributed by atoms with Gasteiger partial charge in [-0.2, -0.15) is 114 Å². The van der Waals surface area contributed by atoms with Crippen LogP contribution in [0.25, 0.3) is 0 Å². The summed E-state index contributed by atoms with van der Waals surface area (Å²) in [7, 11) is 0. The SMILES string of the molecule is O=C(O)C(CCCC(CCCC(F)(F)C(F)(F)C(F)(F)C(F)(F)C(F)(F)C(F)(F)F)C(=O)O)CCCC(F)(F)C(F)(F)C(F)(F)C(F)(F)C(F)(F)C(F)(F)F. The van der Waals surface area contributed by atoms with E-state index in [1.165, 1.54) is 0 Å². The number of carbonyl (C=O) groups is 2. The number of alkyl halides is 26. The second kappa shape index (κ2) is 15.8. The molecule has 0 aliphatic rings. The third-order valence-electron chi connectivity index (χ3n) is 7.89. The Bertz CT molecular complexity index is 1220. The summed E-state index contributed by atoms with van der Waals surface area (Å²) in [5, 5.41) is 18.2. The topological polar surface area (TPSA) is 74.6 Å². The van der Waals surface area contributed by atoms with Crippen LogP contribution in [-0.2, 0) is 9.59 Å². The van der Waals surface area contributed by atoms with Gasteiger partial charge in [-0.25, -0.2) is 0 Å². The van der Waals surface area contributed by atoms with Crippen LogP contribution in [0, 0.1) is 11.8 Å². The zero-order chi connectivity index (χ0) is 44.7. The molecule has 328 valence electrons. The number of hydrogen-bond donors (Lipinski definition) is 2. The number of hydrogen-bond acceptors (Lipinski definition) is 2. The molecule has 55 heavy (non-hydrogen) atoms. The van der Waals surface area contributed by atoms with Gasteiger partial charge in [0.2, 0.25) is 0 Å². The van der Waals surface area contributed by atoms with Crippen molar-refractivity contribution in [3.05, 3.63) is 0 Å². The van der Waals surface area contributed by atoms with Crippen molar-refractivity contribution in [2.75, 3.05) is 0 Å². The largest absolute Gasteiger partial charge is 0.481 e. The molecule has 0 rings (SSSR count). The van der Waals surface area contributed by atoms with Crippen LogP contribution in [0.5, 0.6) is 0 Å². The van der Waals surface area contributed by atoms with Crippen molar-refractivity contribution in [3.8, 4) is 0 Å². The molecule has 0 amide bonds. The van der Waals surface area contributed by atoms with E-state index < -0.39 is 153 Å². The molecule has 0 radical (unpaired) electrons. The number of carboxylic acids is 2. The van der Waals surface area contributed by atoms with Crippen LogP contribution >= 0.6 is 0 Å². The van der Waals surface area contributed by atoms with Crippen molar-refractivity contribution < 1.29 is 134 Å². The summed E-state index contributed by atoms with van der Waals surface area (Å²) in [5.74, 6) is -85.7. The monoisotopic (exact) mass is 880 g/mol. The van der Waals surface area contributed by atoms with Crippen molar-refractivity contribution in [1.29, 1.82) is 0 Å². The van der Waals surface area contributed by atoms with E-state index in [4.69, 9.17) is 10.2 Å². The zero-order valence-corrected chi connectivity index (χ0v) is 26.1. The van der Waals surface area contributed by atoms with Gasteiger partial charge >= 0.3 is 83.5 Å². The Balaban J connectivity index is 5.70. The summed E-state index contributed by atoms with van der Waals surface area (Å²) in [4.78, 5) is 22.7. The van der Waals surface area contributed by atoms with Crippen molar-refractivity contribution in [1.82, 2.24) is 0 Å². The van der Waals surface area contributed by atoms with Gasteiger partial charge in [-0.15, -0.1) is 0 Å². The van der Waals surface area contributed by atoms with E-state index in [0.717, 1.165) is 0 Å². The van der Waals surface area contributed by atoms with Gasteiger partial charge in [0, 0.05) is 12.8 Å². The highest BCUT2D eigenvalue weighted by molar-refractivity contribution is 5.70. The van der Waals surface area contributed by atoms with Gasteiger partial charge < -0.3 is 10.2 Å². The van der Waals surface area contributed by atoms with Crippen molar-refractivity contribution in [3.63, 3.8) is 0 Å². The van der Waals surface area contributed by atoms with Gasteiger partial charge in [0.25, 0.3) is 0 Å². The molecule has 0 aromatic rings. The Morgan fingerprint density at radius 1 is 0.327 bits per heavy atom. The molecule has 0 saturated heterocycles. The van der Waals surface area contributed by atoms with Crippen molar-refractivity contribution in [2.24, 2.45) is 11.8 Å². The quantitative estimate of drug-likeness (QED) is 0.106. The normalized spacial score (nSPS) is 16.6. The van der Waals surface area contributed by atoms with Crippen LogP contribution in [0.3, 0.4) is 0 Å². The summed E-state index contributed by atoms with van der Waals surface area (Å²) in [5.41, 5.74) is 0. The maximum Gasteiger partial charge on any atom is 0.460 e. The van der Waals surface area contributed by atoms with E-state index in [0.29, 0.717) is 0 Å². The van der Waals surface area contributed by atoms with E-state index in [1.54, 1.807) is 0 Å². The lowest BCUT2D eigenvalue weighted by Gasteiger charge is -2.39. The number of aliphatic carboxylic acids is 2.